The van der Waals surface area contributed by atoms with E-state index in [0.717, 1.165) is 5.56 Å². The number of nitrogens with one attached hydrogen (secondary N) is 2. The van der Waals surface area contributed by atoms with E-state index in [1.807, 2.05) is 4.98 Å². The summed E-state index contributed by atoms with van der Waals surface area (Å²) in [5, 5.41) is 11.1. The molecule has 0 saturated carbocycles. The van der Waals surface area contributed by atoms with Crippen LogP contribution >= 0.6 is 0 Å². The largest absolute Gasteiger partial charge is 0.493 e. The predicted molar refractivity (Wildman–Crippen MR) is 107 cm³/mol. The molecule has 1 heterocycles. The van der Waals surface area contributed by atoms with Gasteiger partial charge in [-0.25, -0.2) is 9.18 Å². The highest BCUT2D eigenvalue weighted by Gasteiger charge is 2.18. The molecule has 0 aliphatic carbocycles. The van der Waals surface area contributed by atoms with Gasteiger partial charge in [-0.05, 0) is 41.5 Å². The highest BCUT2D eigenvalue weighted by atomic mass is 19.1. The SMILES string of the molecule is COc1cc(/C=C/c2[nH]c(=O)[nH]c(=O)c2[N+](=O)[O-])ccc1OCc1ccc(F)cc1. The van der Waals surface area contributed by atoms with E-state index in [-0.39, 0.29) is 18.1 Å². The zero-order valence-corrected chi connectivity index (χ0v) is 15.7. The van der Waals surface area contributed by atoms with E-state index >= 15 is 0 Å². The van der Waals surface area contributed by atoms with Crippen molar-refractivity contribution in [3.05, 3.63) is 96.1 Å². The molecule has 1 aromatic heterocycles. The summed E-state index contributed by atoms with van der Waals surface area (Å²) in [5.74, 6) is 0.497. The second-order valence-corrected chi connectivity index (χ2v) is 6.09. The summed E-state index contributed by atoms with van der Waals surface area (Å²) in [6, 6.07) is 10.8. The van der Waals surface area contributed by atoms with Crippen molar-refractivity contribution in [2.45, 2.75) is 6.61 Å². The number of halogens is 1. The van der Waals surface area contributed by atoms with Crippen LogP contribution in [-0.4, -0.2) is 22.0 Å². The molecule has 0 bridgehead atoms. The monoisotopic (exact) mass is 413 g/mol. The number of nitro groups is 1. The molecule has 9 nitrogen and oxygen atoms in total. The van der Waals surface area contributed by atoms with Crippen LogP contribution in [-0.2, 0) is 6.61 Å². The Labute approximate surface area is 168 Å². The van der Waals surface area contributed by atoms with Crippen molar-refractivity contribution in [1.82, 2.24) is 9.97 Å². The van der Waals surface area contributed by atoms with Gasteiger partial charge in [0.05, 0.1) is 12.0 Å². The van der Waals surface area contributed by atoms with Crippen LogP contribution in [0.2, 0.25) is 0 Å². The zero-order valence-electron chi connectivity index (χ0n) is 15.7. The molecule has 0 aliphatic rings. The van der Waals surface area contributed by atoms with Gasteiger partial charge < -0.3 is 14.5 Å². The number of benzene rings is 2. The van der Waals surface area contributed by atoms with Crippen LogP contribution in [0.1, 0.15) is 16.8 Å². The third-order valence-electron chi connectivity index (χ3n) is 4.07. The Hall–Kier alpha value is -4.21. The minimum absolute atomic E-state index is 0.200. The molecule has 154 valence electrons. The summed E-state index contributed by atoms with van der Waals surface area (Å²) in [6.07, 6.45) is 2.73. The number of aromatic amines is 2. The number of hydrogen-bond donors (Lipinski definition) is 2. The summed E-state index contributed by atoms with van der Waals surface area (Å²) >= 11 is 0. The summed E-state index contributed by atoms with van der Waals surface area (Å²) < 4.78 is 24.0. The number of ether oxygens (including phenoxy) is 2. The fourth-order valence-electron chi connectivity index (χ4n) is 2.63. The molecule has 0 aliphatic heterocycles. The topological polar surface area (TPSA) is 127 Å². The van der Waals surface area contributed by atoms with Gasteiger partial charge in [-0.3, -0.25) is 19.9 Å². The van der Waals surface area contributed by atoms with Crippen LogP contribution < -0.4 is 20.7 Å². The zero-order chi connectivity index (χ0) is 21.7. The number of hydrogen-bond acceptors (Lipinski definition) is 6. The lowest BCUT2D eigenvalue weighted by atomic mass is 10.1. The Morgan fingerprint density at radius 2 is 1.80 bits per heavy atom. The van der Waals surface area contributed by atoms with Crippen molar-refractivity contribution < 1.29 is 18.8 Å². The number of H-pyrrole nitrogens is 2. The first-order valence-electron chi connectivity index (χ1n) is 8.61. The van der Waals surface area contributed by atoms with Crippen molar-refractivity contribution in [3.8, 4) is 11.5 Å². The predicted octanol–water partition coefficient (Wildman–Crippen LogP) is 2.87. The molecule has 10 heteroatoms. The minimum Gasteiger partial charge on any atom is -0.493 e. The third-order valence-corrected chi connectivity index (χ3v) is 4.07. The van der Waals surface area contributed by atoms with Crippen LogP contribution in [0.25, 0.3) is 12.2 Å². The van der Waals surface area contributed by atoms with Crippen LogP contribution in [0.15, 0.2) is 52.1 Å². The Kier molecular flexibility index (Phi) is 6.06. The molecule has 0 amide bonds. The molecule has 0 fully saturated rings. The smallest absolute Gasteiger partial charge is 0.357 e. The van der Waals surface area contributed by atoms with Gasteiger partial charge in [-0.15, -0.1) is 0 Å². The Morgan fingerprint density at radius 3 is 2.47 bits per heavy atom. The number of nitrogens with zero attached hydrogens (tertiary/aromatic N) is 1. The standard InChI is InChI=1S/C20H16FN3O6/c1-29-17-10-12(4-8-15-18(24(27)28)19(25)23-20(26)22-15)5-9-16(17)30-11-13-2-6-14(21)7-3-13/h2-10H,11H2,1H3,(H2,22,23,25,26)/b8-4+. The van der Waals surface area contributed by atoms with Crippen molar-refractivity contribution in [1.29, 1.82) is 0 Å². The van der Waals surface area contributed by atoms with E-state index in [4.69, 9.17) is 9.47 Å². The molecule has 3 rings (SSSR count). The van der Waals surface area contributed by atoms with Gasteiger partial charge in [-0.2, -0.15) is 0 Å². The van der Waals surface area contributed by atoms with Crippen molar-refractivity contribution in [2.24, 2.45) is 0 Å². The summed E-state index contributed by atoms with van der Waals surface area (Å²) in [7, 11) is 1.45. The third kappa shape index (κ3) is 4.79. The van der Waals surface area contributed by atoms with Gasteiger partial charge in [0, 0.05) is 0 Å². The van der Waals surface area contributed by atoms with Crippen LogP contribution in [0.3, 0.4) is 0 Å². The second-order valence-electron chi connectivity index (χ2n) is 6.09. The maximum atomic E-state index is 13.0. The van der Waals surface area contributed by atoms with E-state index in [9.17, 15) is 24.1 Å². The highest BCUT2D eigenvalue weighted by molar-refractivity contribution is 5.72. The number of rotatable bonds is 7. The molecule has 3 aromatic rings. The fraction of sp³-hybridized carbons (Fsp3) is 0.100. The lowest BCUT2D eigenvalue weighted by Gasteiger charge is -2.11. The van der Waals surface area contributed by atoms with Crippen molar-refractivity contribution in [3.63, 3.8) is 0 Å². The molecule has 2 N–H and O–H groups in total. The van der Waals surface area contributed by atoms with Gasteiger partial charge in [0.25, 0.3) is 0 Å². The van der Waals surface area contributed by atoms with E-state index in [1.54, 1.807) is 30.3 Å². The first-order valence-corrected chi connectivity index (χ1v) is 8.61. The second kappa shape index (κ2) is 8.86. The molecular formula is C20H16FN3O6. The lowest BCUT2D eigenvalue weighted by molar-refractivity contribution is -0.386. The Balaban J connectivity index is 1.83. The van der Waals surface area contributed by atoms with E-state index in [2.05, 4.69) is 4.98 Å². The van der Waals surface area contributed by atoms with Crippen molar-refractivity contribution >= 4 is 17.8 Å². The molecule has 0 atom stereocenters. The Bertz CT molecular complexity index is 1210. The quantitative estimate of drug-likeness (QED) is 0.453. The average Bonchev–Trinajstić information content (AvgIpc) is 2.71. The van der Waals surface area contributed by atoms with Gasteiger partial charge >= 0.3 is 16.9 Å². The van der Waals surface area contributed by atoms with E-state index < -0.39 is 21.9 Å². The molecule has 0 spiro atoms. The molecule has 30 heavy (non-hydrogen) atoms. The van der Waals surface area contributed by atoms with Gasteiger partial charge in [-0.1, -0.05) is 24.3 Å². The van der Waals surface area contributed by atoms with E-state index in [0.29, 0.717) is 17.1 Å². The lowest BCUT2D eigenvalue weighted by Crippen LogP contribution is -2.25. The maximum Gasteiger partial charge on any atom is 0.357 e. The summed E-state index contributed by atoms with van der Waals surface area (Å²) in [4.78, 5) is 37.3. The highest BCUT2D eigenvalue weighted by Crippen LogP contribution is 2.29. The number of methoxy groups -OCH3 is 1. The molecular weight excluding hydrogens is 397 g/mol. The average molecular weight is 413 g/mol. The van der Waals surface area contributed by atoms with Gasteiger partial charge in [0.15, 0.2) is 11.5 Å². The summed E-state index contributed by atoms with van der Waals surface area (Å²) in [6.45, 7) is 0.200. The fourth-order valence-corrected chi connectivity index (χ4v) is 2.63. The molecule has 0 radical (unpaired) electrons. The van der Waals surface area contributed by atoms with Gasteiger partial charge in [0.1, 0.15) is 18.1 Å². The van der Waals surface area contributed by atoms with Crippen LogP contribution in [0, 0.1) is 15.9 Å². The molecule has 2 aromatic carbocycles. The normalized spacial score (nSPS) is 10.9. The maximum absolute atomic E-state index is 13.0. The molecule has 0 saturated heterocycles. The molecule has 0 unspecified atom stereocenters. The first-order chi connectivity index (χ1) is 14.4. The summed E-state index contributed by atoms with van der Waals surface area (Å²) in [5.41, 5.74) is -1.59. The Morgan fingerprint density at radius 1 is 1.07 bits per heavy atom. The van der Waals surface area contributed by atoms with Gasteiger partial charge in [0.2, 0.25) is 0 Å². The minimum atomic E-state index is -1.09. The van der Waals surface area contributed by atoms with Crippen molar-refractivity contribution in [2.75, 3.05) is 7.11 Å². The van der Waals surface area contributed by atoms with Crippen LogP contribution in [0.5, 0.6) is 11.5 Å². The van der Waals surface area contributed by atoms with Crippen LogP contribution in [0.4, 0.5) is 10.1 Å². The number of aromatic nitrogens is 2. The first kappa shape index (κ1) is 20.5. The van der Waals surface area contributed by atoms with E-state index in [1.165, 1.54) is 31.4 Å².